The molecule has 0 aromatic heterocycles. The van der Waals surface area contributed by atoms with Crippen LogP contribution in [0.1, 0.15) is 13.3 Å². The molecule has 0 aromatic rings. The maximum Gasteiger partial charge on any atom is 0.0791 e. The van der Waals surface area contributed by atoms with E-state index in [9.17, 15) is 5.11 Å². The normalized spacial score (nSPS) is 20.2. The lowest BCUT2D eigenvalue weighted by Crippen LogP contribution is -2.49. The van der Waals surface area contributed by atoms with Gasteiger partial charge in [-0.3, -0.25) is 4.90 Å². The van der Waals surface area contributed by atoms with Crippen molar-refractivity contribution in [1.29, 1.82) is 0 Å². The van der Waals surface area contributed by atoms with Crippen molar-refractivity contribution in [2.45, 2.75) is 19.4 Å². The highest BCUT2D eigenvalue weighted by atomic mass is 16.5. The first-order valence-corrected chi connectivity index (χ1v) is 7.08. The Labute approximate surface area is 111 Å². The van der Waals surface area contributed by atoms with Gasteiger partial charge in [0, 0.05) is 52.9 Å². The van der Waals surface area contributed by atoms with Crippen LogP contribution in [-0.2, 0) is 4.74 Å². The molecular formula is C13H29N3O2. The van der Waals surface area contributed by atoms with Crippen molar-refractivity contribution in [3.05, 3.63) is 0 Å². The lowest BCUT2D eigenvalue weighted by atomic mass is 10.2. The van der Waals surface area contributed by atoms with E-state index in [-0.39, 0.29) is 6.10 Å². The fraction of sp³-hybridized carbons (Fsp3) is 1.00. The Bertz CT molecular complexity index is 197. The topological polar surface area (TPSA) is 48.0 Å². The molecule has 1 unspecified atom stereocenters. The zero-order valence-electron chi connectivity index (χ0n) is 11.9. The average Bonchev–Trinajstić information content (AvgIpc) is 2.37. The molecule has 18 heavy (non-hydrogen) atoms. The van der Waals surface area contributed by atoms with Gasteiger partial charge in [0.05, 0.1) is 12.7 Å². The number of piperazine rings is 1. The van der Waals surface area contributed by atoms with Gasteiger partial charge < -0.3 is 20.1 Å². The van der Waals surface area contributed by atoms with Gasteiger partial charge >= 0.3 is 0 Å². The molecule has 1 aliphatic heterocycles. The molecular weight excluding hydrogens is 230 g/mol. The predicted octanol–water partition coefficient (Wildman–Crippen LogP) is -0.389. The molecule has 1 aliphatic rings. The summed E-state index contributed by atoms with van der Waals surface area (Å²) in [5, 5.41) is 13.1. The number of ether oxygens (including phenoxy) is 1. The Morgan fingerprint density at radius 3 is 2.50 bits per heavy atom. The van der Waals surface area contributed by atoms with Crippen molar-refractivity contribution in [2.24, 2.45) is 0 Å². The second kappa shape index (κ2) is 9.69. The van der Waals surface area contributed by atoms with Crippen molar-refractivity contribution < 1.29 is 9.84 Å². The zero-order chi connectivity index (χ0) is 13.2. The van der Waals surface area contributed by atoms with Crippen LogP contribution in [0.3, 0.4) is 0 Å². The molecule has 1 fully saturated rings. The molecule has 1 heterocycles. The minimum absolute atomic E-state index is 0.278. The van der Waals surface area contributed by atoms with Crippen molar-refractivity contribution >= 4 is 0 Å². The Balaban J connectivity index is 2.05. The first-order chi connectivity index (χ1) is 8.76. The molecule has 5 heteroatoms. The molecule has 1 rings (SSSR count). The van der Waals surface area contributed by atoms with E-state index in [0.29, 0.717) is 13.2 Å². The molecule has 5 nitrogen and oxygen atoms in total. The molecule has 2 N–H and O–H groups in total. The van der Waals surface area contributed by atoms with Crippen LogP contribution in [-0.4, -0.2) is 87.1 Å². The number of aliphatic hydroxyl groups is 1. The third kappa shape index (κ3) is 6.66. The lowest BCUT2D eigenvalue weighted by Gasteiger charge is -2.35. The Hall–Kier alpha value is -0.200. The van der Waals surface area contributed by atoms with Crippen LogP contribution in [0.4, 0.5) is 0 Å². The summed E-state index contributed by atoms with van der Waals surface area (Å²) in [6, 6.07) is 0. The van der Waals surface area contributed by atoms with E-state index in [1.165, 1.54) is 13.0 Å². The Morgan fingerprint density at radius 1 is 1.22 bits per heavy atom. The number of β-amino-alcohol motifs (C(OH)–C–C–N with tert-alkyl or cyclic N) is 1. The SMILES string of the molecule is CCCN1CCN(CC(O)CNCCOC)CC1. The van der Waals surface area contributed by atoms with Crippen molar-refractivity contribution in [3.63, 3.8) is 0 Å². The highest BCUT2D eigenvalue weighted by Crippen LogP contribution is 2.03. The molecule has 0 spiro atoms. The van der Waals surface area contributed by atoms with Crippen molar-refractivity contribution in [1.82, 2.24) is 15.1 Å². The first kappa shape index (κ1) is 15.9. The highest BCUT2D eigenvalue weighted by molar-refractivity contribution is 4.74. The minimum atomic E-state index is -0.278. The van der Waals surface area contributed by atoms with Gasteiger partial charge in [-0.25, -0.2) is 0 Å². The lowest BCUT2D eigenvalue weighted by molar-refractivity contribution is 0.0715. The third-order valence-corrected chi connectivity index (χ3v) is 3.34. The summed E-state index contributed by atoms with van der Waals surface area (Å²) in [4.78, 5) is 4.86. The summed E-state index contributed by atoms with van der Waals surface area (Å²) in [5.41, 5.74) is 0. The maximum absolute atomic E-state index is 9.91. The van der Waals surface area contributed by atoms with Crippen molar-refractivity contribution in [2.75, 3.05) is 66.1 Å². The maximum atomic E-state index is 9.91. The van der Waals surface area contributed by atoms with Crippen molar-refractivity contribution in [3.8, 4) is 0 Å². The predicted molar refractivity (Wildman–Crippen MR) is 73.9 cm³/mol. The van der Waals surface area contributed by atoms with E-state index in [1.54, 1.807) is 7.11 Å². The third-order valence-electron chi connectivity index (χ3n) is 3.34. The largest absolute Gasteiger partial charge is 0.390 e. The molecule has 0 aromatic carbocycles. The molecule has 0 bridgehead atoms. The second-order valence-electron chi connectivity index (χ2n) is 4.99. The summed E-state index contributed by atoms with van der Waals surface area (Å²) < 4.78 is 4.95. The number of hydrogen-bond acceptors (Lipinski definition) is 5. The Kier molecular flexibility index (Phi) is 8.54. The van der Waals surface area contributed by atoms with Crippen LogP contribution in [0.15, 0.2) is 0 Å². The average molecular weight is 259 g/mol. The summed E-state index contributed by atoms with van der Waals surface area (Å²) in [6.45, 7) is 10.8. The van der Waals surface area contributed by atoms with Gasteiger partial charge in [0.25, 0.3) is 0 Å². The fourth-order valence-corrected chi connectivity index (χ4v) is 2.32. The molecule has 1 saturated heterocycles. The van der Waals surface area contributed by atoms with Crippen LogP contribution in [0.2, 0.25) is 0 Å². The van der Waals surface area contributed by atoms with Crippen LogP contribution in [0.5, 0.6) is 0 Å². The van der Waals surface area contributed by atoms with E-state index < -0.39 is 0 Å². The van der Waals surface area contributed by atoms with Crippen LogP contribution in [0.25, 0.3) is 0 Å². The number of aliphatic hydroxyl groups excluding tert-OH is 1. The van der Waals surface area contributed by atoms with Gasteiger partial charge in [-0.1, -0.05) is 6.92 Å². The van der Waals surface area contributed by atoms with Gasteiger partial charge in [0.1, 0.15) is 0 Å². The second-order valence-corrected chi connectivity index (χ2v) is 4.99. The van der Waals surface area contributed by atoms with E-state index in [1.807, 2.05) is 0 Å². The number of rotatable bonds is 9. The van der Waals surface area contributed by atoms with Crippen LogP contribution >= 0.6 is 0 Å². The van der Waals surface area contributed by atoms with Crippen LogP contribution in [0, 0.1) is 0 Å². The molecule has 108 valence electrons. The zero-order valence-corrected chi connectivity index (χ0v) is 11.9. The fourth-order valence-electron chi connectivity index (χ4n) is 2.32. The summed E-state index contributed by atoms with van der Waals surface area (Å²) in [5.74, 6) is 0. The van der Waals surface area contributed by atoms with Gasteiger partial charge in [-0.15, -0.1) is 0 Å². The smallest absolute Gasteiger partial charge is 0.0791 e. The van der Waals surface area contributed by atoms with E-state index in [4.69, 9.17) is 4.74 Å². The van der Waals surface area contributed by atoms with Gasteiger partial charge in [0.15, 0.2) is 0 Å². The molecule has 0 amide bonds. The van der Waals surface area contributed by atoms with Gasteiger partial charge in [-0.05, 0) is 13.0 Å². The number of nitrogens with one attached hydrogen (secondary N) is 1. The van der Waals surface area contributed by atoms with E-state index in [0.717, 1.165) is 39.3 Å². The van der Waals surface area contributed by atoms with Gasteiger partial charge in [0.2, 0.25) is 0 Å². The standard InChI is InChI=1S/C13H29N3O2/c1-3-5-15-6-8-16(9-7-15)12-13(17)11-14-4-10-18-2/h13-14,17H,3-12H2,1-2H3. The molecule has 0 saturated carbocycles. The first-order valence-electron chi connectivity index (χ1n) is 7.08. The number of hydrogen-bond donors (Lipinski definition) is 2. The highest BCUT2D eigenvalue weighted by Gasteiger charge is 2.18. The summed E-state index contributed by atoms with van der Waals surface area (Å²) in [6.07, 6.45) is 0.950. The van der Waals surface area contributed by atoms with E-state index >= 15 is 0 Å². The molecule has 0 radical (unpaired) electrons. The summed E-state index contributed by atoms with van der Waals surface area (Å²) >= 11 is 0. The van der Waals surface area contributed by atoms with Crippen LogP contribution < -0.4 is 5.32 Å². The molecule has 1 atom stereocenters. The van der Waals surface area contributed by atoms with E-state index in [2.05, 4.69) is 22.0 Å². The monoisotopic (exact) mass is 259 g/mol. The number of nitrogens with zero attached hydrogens (tertiary/aromatic N) is 2. The van der Waals surface area contributed by atoms with Gasteiger partial charge in [-0.2, -0.15) is 0 Å². The number of methoxy groups -OCH3 is 1. The molecule has 0 aliphatic carbocycles. The minimum Gasteiger partial charge on any atom is -0.390 e. The Morgan fingerprint density at radius 2 is 1.89 bits per heavy atom. The quantitative estimate of drug-likeness (QED) is 0.552. The summed E-state index contributed by atoms with van der Waals surface area (Å²) in [7, 11) is 1.69.